The van der Waals surface area contributed by atoms with E-state index < -0.39 is 6.49 Å². The molecule has 136 valence electrons. The predicted molar refractivity (Wildman–Crippen MR) is 115 cm³/mol. The smallest absolute Gasteiger partial charge is 0.235 e. The molecule has 3 aromatic rings. The molecular weight excluding hydrogens is 375 g/mol. The van der Waals surface area contributed by atoms with Crippen molar-refractivity contribution in [3.8, 4) is 0 Å². The average Bonchev–Trinajstić information content (AvgIpc) is 3.23. The second-order valence-electron chi connectivity index (χ2n) is 6.59. The van der Waals surface area contributed by atoms with Crippen LogP contribution in [-0.4, -0.2) is 15.4 Å². The van der Waals surface area contributed by atoms with Crippen LogP contribution in [0.25, 0.3) is 0 Å². The molecule has 1 atom stereocenters. The molecule has 0 amide bonds. The Morgan fingerprint density at radius 1 is 1.00 bits per heavy atom. The Labute approximate surface area is 162 Å². The molecule has 0 aliphatic carbocycles. The van der Waals surface area contributed by atoms with Crippen LogP contribution in [0, 0.1) is 0 Å². The number of amidine groups is 1. The fourth-order valence-electron chi connectivity index (χ4n) is 3.48. The van der Waals surface area contributed by atoms with Gasteiger partial charge in [-0.3, -0.25) is 0 Å². The van der Waals surface area contributed by atoms with Crippen LogP contribution in [0.1, 0.15) is 17.9 Å². The molecule has 0 bridgehead atoms. The Hall–Kier alpha value is -2.63. The Balaban J connectivity index is 1.57. The van der Waals surface area contributed by atoms with Gasteiger partial charge in [0.05, 0.1) is 0 Å². The molecule has 2 aromatic carbocycles. The Bertz CT molecular complexity index is 1060. The number of aromatic nitrogens is 2. The lowest BCUT2D eigenvalue weighted by Crippen LogP contribution is -2.24. The van der Waals surface area contributed by atoms with Crippen molar-refractivity contribution >= 4 is 41.3 Å². The highest BCUT2D eigenvalue weighted by atomic mass is 32.4. The van der Waals surface area contributed by atoms with Gasteiger partial charge in [0.1, 0.15) is 11.5 Å². The first-order valence-corrected chi connectivity index (χ1v) is 11.7. The van der Waals surface area contributed by atoms with Gasteiger partial charge in [-0.15, -0.1) is 0 Å². The monoisotopic (exact) mass is 394 g/mol. The molecule has 3 N–H and O–H groups in total. The van der Waals surface area contributed by atoms with E-state index in [-0.39, 0.29) is 0 Å². The molecule has 0 radical (unpaired) electrons. The van der Waals surface area contributed by atoms with Crippen LogP contribution < -0.4 is 15.5 Å². The number of benzene rings is 2. The van der Waals surface area contributed by atoms with E-state index in [0.717, 1.165) is 53.9 Å². The first kappa shape index (κ1) is 16.5. The lowest BCUT2D eigenvalue weighted by molar-refractivity contribution is 0.744. The van der Waals surface area contributed by atoms with Gasteiger partial charge in [-0.05, 0) is 42.5 Å². The van der Waals surface area contributed by atoms with E-state index in [4.69, 9.17) is 21.6 Å². The van der Waals surface area contributed by atoms with Gasteiger partial charge in [0.25, 0.3) is 0 Å². The molecule has 0 fully saturated rings. The quantitative estimate of drug-likeness (QED) is 0.573. The summed E-state index contributed by atoms with van der Waals surface area (Å²) in [7, 11) is 0. The molecule has 0 saturated heterocycles. The summed E-state index contributed by atoms with van der Waals surface area (Å²) in [6.07, 6.45) is 2.10. The van der Waals surface area contributed by atoms with Gasteiger partial charge in [-0.2, -0.15) is 4.76 Å². The molecule has 27 heavy (non-hydrogen) atoms. The van der Waals surface area contributed by atoms with Crippen LogP contribution in [-0.2, 0) is 24.8 Å². The van der Waals surface area contributed by atoms with Crippen LogP contribution in [0.4, 0.5) is 17.2 Å². The summed E-state index contributed by atoms with van der Waals surface area (Å²) < 4.78 is 7.19. The number of imidazole rings is 1. The summed E-state index contributed by atoms with van der Waals surface area (Å²) in [6.45, 7) is -1.51. The highest BCUT2D eigenvalue weighted by molar-refractivity contribution is 8.15. The van der Waals surface area contributed by atoms with E-state index in [9.17, 15) is 0 Å². The zero-order valence-corrected chi connectivity index (χ0v) is 16.3. The second kappa shape index (κ2) is 6.51. The topological polar surface area (TPSA) is 66.3 Å². The largest absolute Gasteiger partial charge is 0.338 e. The van der Waals surface area contributed by atoms with E-state index >= 15 is 0 Å². The Morgan fingerprint density at radius 2 is 1.70 bits per heavy atom. The molecule has 1 unspecified atom stereocenters. The van der Waals surface area contributed by atoms with E-state index in [1.54, 1.807) is 0 Å². The fraction of sp³-hybridized carbons (Fsp3) is 0.158. The molecule has 6 nitrogen and oxygen atoms in total. The van der Waals surface area contributed by atoms with Gasteiger partial charge in [0.2, 0.25) is 6.49 Å². The molecule has 8 heteroatoms. The number of para-hydroxylation sites is 2. The molecular formula is C19H19N6PS. The van der Waals surface area contributed by atoms with Gasteiger partial charge >= 0.3 is 0 Å². The highest BCUT2D eigenvalue weighted by Gasteiger charge is 2.33. The fourth-order valence-corrected chi connectivity index (χ4v) is 5.83. The average molecular weight is 394 g/mol. The van der Waals surface area contributed by atoms with Crippen LogP contribution in [0.2, 0.25) is 0 Å². The van der Waals surface area contributed by atoms with Gasteiger partial charge in [-0.25, -0.2) is 4.98 Å². The van der Waals surface area contributed by atoms with Crippen molar-refractivity contribution in [3.63, 3.8) is 0 Å². The summed E-state index contributed by atoms with van der Waals surface area (Å²) in [6, 6.07) is 20.0. The first-order chi connectivity index (χ1) is 13.2. The maximum absolute atomic E-state index is 5.92. The third-order valence-corrected chi connectivity index (χ3v) is 6.99. The van der Waals surface area contributed by atoms with Crippen molar-refractivity contribution in [2.75, 3.05) is 15.5 Å². The van der Waals surface area contributed by atoms with Crippen molar-refractivity contribution in [1.82, 2.24) is 9.55 Å². The van der Waals surface area contributed by atoms with Crippen molar-refractivity contribution < 1.29 is 0 Å². The number of hydrogen-bond acceptors (Lipinski definition) is 3. The first-order valence-electron chi connectivity index (χ1n) is 8.94. The number of rotatable bonds is 3. The van der Waals surface area contributed by atoms with E-state index in [1.165, 1.54) is 0 Å². The number of fused-ring (bicyclic) bond motifs is 3. The lowest BCUT2D eigenvalue weighted by atomic mass is 10.3. The van der Waals surface area contributed by atoms with Crippen molar-refractivity contribution in [2.24, 2.45) is 4.76 Å². The predicted octanol–water partition coefficient (Wildman–Crippen LogP) is 4.45. The minimum absolute atomic E-state index is 0.780. The van der Waals surface area contributed by atoms with Crippen LogP contribution in [0.5, 0.6) is 0 Å². The Kier molecular flexibility index (Phi) is 3.99. The van der Waals surface area contributed by atoms with Crippen LogP contribution in [0.15, 0.2) is 65.4 Å². The SMILES string of the molecule is S=P1(Nc2ccccc2)N=C(Nc2ccccc2)c2c(nc3n2CCC3)N1. The zero-order valence-electron chi connectivity index (χ0n) is 14.6. The lowest BCUT2D eigenvalue weighted by Gasteiger charge is -2.27. The molecule has 3 heterocycles. The Morgan fingerprint density at radius 3 is 2.44 bits per heavy atom. The molecule has 5 rings (SSSR count). The van der Waals surface area contributed by atoms with E-state index in [2.05, 4.69) is 20.1 Å². The van der Waals surface area contributed by atoms with Gasteiger partial charge in [0.15, 0.2) is 11.7 Å². The molecule has 2 aliphatic heterocycles. The second-order valence-corrected chi connectivity index (χ2v) is 9.97. The highest BCUT2D eigenvalue weighted by Crippen LogP contribution is 2.51. The molecule has 2 aliphatic rings. The van der Waals surface area contributed by atoms with Crippen molar-refractivity contribution in [3.05, 3.63) is 72.2 Å². The number of nitrogens with zero attached hydrogens (tertiary/aromatic N) is 3. The number of hydrogen-bond donors (Lipinski definition) is 3. The number of nitrogens with one attached hydrogen (secondary N) is 3. The normalized spacial score (nSPS) is 20.2. The third-order valence-electron chi connectivity index (χ3n) is 4.64. The van der Waals surface area contributed by atoms with Crippen molar-refractivity contribution in [1.29, 1.82) is 0 Å². The standard InChI is InChI=1S/C19H19N6PS/c27-26(22-15-10-5-2-6-11-15)23-18(20-14-8-3-1-4-9-14)17-19(24-26)21-16-12-7-13-25(16)17/h1-6,8-11H,7,12-13H2,(H3,20,22,23,24,27). The molecule has 0 spiro atoms. The minimum atomic E-state index is -2.47. The maximum atomic E-state index is 5.92. The number of aryl methyl sites for hydroxylation is 1. The zero-order chi connectivity index (χ0) is 18.3. The maximum Gasteiger partial charge on any atom is 0.235 e. The van der Waals surface area contributed by atoms with Crippen molar-refractivity contribution in [2.45, 2.75) is 19.4 Å². The summed E-state index contributed by atoms with van der Waals surface area (Å²) >= 11 is 5.92. The van der Waals surface area contributed by atoms with Gasteiger partial charge in [0, 0.05) is 24.3 Å². The number of anilines is 3. The van der Waals surface area contributed by atoms with Crippen LogP contribution in [0.3, 0.4) is 0 Å². The summed E-state index contributed by atoms with van der Waals surface area (Å²) in [5.41, 5.74) is 2.94. The third kappa shape index (κ3) is 3.13. The van der Waals surface area contributed by atoms with Crippen LogP contribution >= 0.6 is 6.49 Å². The van der Waals surface area contributed by atoms with E-state index in [0.29, 0.717) is 0 Å². The molecule has 1 aromatic heterocycles. The van der Waals surface area contributed by atoms with Gasteiger partial charge in [-0.1, -0.05) is 36.4 Å². The van der Waals surface area contributed by atoms with E-state index in [1.807, 2.05) is 60.7 Å². The molecule has 0 saturated carbocycles. The summed E-state index contributed by atoms with van der Waals surface area (Å²) in [4.78, 5) is 4.81. The van der Waals surface area contributed by atoms with Gasteiger partial charge < -0.3 is 20.1 Å². The summed E-state index contributed by atoms with van der Waals surface area (Å²) in [5.74, 6) is 2.70. The summed E-state index contributed by atoms with van der Waals surface area (Å²) in [5, 5.41) is 10.3. The minimum Gasteiger partial charge on any atom is -0.338 e.